The minimum atomic E-state index is -0.858. The van der Waals surface area contributed by atoms with Gasteiger partial charge in [-0.1, -0.05) is 18.2 Å². The number of hydrogen-bond donors (Lipinski definition) is 2. The van der Waals surface area contributed by atoms with Crippen LogP contribution in [0.15, 0.2) is 51.8 Å². The summed E-state index contributed by atoms with van der Waals surface area (Å²) in [6.07, 6.45) is 2.43. The van der Waals surface area contributed by atoms with Crippen LogP contribution < -0.4 is 10.9 Å². The molecule has 1 heterocycles. The van der Waals surface area contributed by atoms with Crippen molar-refractivity contribution in [2.75, 3.05) is 19.4 Å². The molecule has 0 saturated carbocycles. The quantitative estimate of drug-likeness (QED) is 0.881. The van der Waals surface area contributed by atoms with Crippen LogP contribution in [0.5, 0.6) is 0 Å². The third kappa shape index (κ3) is 4.33. The Morgan fingerprint density at radius 1 is 1.29 bits per heavy atom. The molecule has 1 atom stereocenters. The fourth-order valence-corrected chi connectivity index (χ4v) is 2.04. The van der Waals surface area contributed by atoms with Crippen LogP contribution in [0, 0.1) is 0 Å². The number of carbonyl (C=O) groups excluding carboxylic acids is 1. The Balaban J connectivity index is 2.36. The second-order valence-corrected chi connectivity index (χ2v) is 5.54. The molecule has 0 bridgehead atoms. The molecular formula is C18H20N2O4. The minimum absolute atomic E-state index is 0.0123. The van der Waals surface area contributed by atoms with E-state index in [0.29, 0.717) is 11.1 Å². The lowest BCUT2D eigenvalue weighted by molar-refractivity contribution is 0.102. The Labute approximate surface area is 140 Å². The zero-order chi connectivity index (χ0) is 17.7. The average Bonchev–Trinajstić information content (AvgIpc) is 2.55. The largest absolute Gasteiger partial charge is 0.421 e. The van der Waals surface area contributed by atoms with Gasteiger partial charge in [-0.25, -0.2) is 4.79 Å². The van der Waals surface area contributed by atoms with Crippen LogP contribution in [0.4, 0.5) is 5.69 Å². The Kier molecular flexibility index (Phi) is 5.55. The van der Waals surface area contributed by atoms with Crippen molar-refractivity contribution < 1.29 is 14.3 Å². The van der Waals surface area contributed by atoms with Gasteiger partial charge in [0.15, 0.2) is 0 Å². The molecule has 1 amide bonds. The van der Waals surface area contributed by atoms with E-state index in [1.54, 1.807) is 54.4 Å². The van der Waals surface area contributed by atoms with Crippen LogP contribution in [-0.2, 0) is 0 Å². The van der Waals surface area contributed by atoms with E-state index in [1.807, 2.05) is 14.1 Å². The van der Waals surface area contributed by atoms with Crippen LogP contribution in [-0.4, -0.2) is 30.0 Å². The highest BCUT2D eigenvalue weighted by Crippen LogP contribution is 2.21. The fourth-order valence-electron chi connectivity index (χ4n) is 2.04. The van der Waals surface area contributed by atoms with Crippen molar-refractivity contribution >= 4 is 17.7 Å². The van der Waals surface area contributed by atoms with Crippen molar-refractivity contribution in [1.82, 2.24) is 4.90 Å². The number of amides is 1. The minimum Gasteiger partial charge on any atom is -0.421 e. The number of aliphatic hydroxyl groups excluding tert-OH is 1. The predicted octanol–water partition coefficient (Wildman–Crippen LogP) is 2.48. The van der Waals surface area contributed by atoms with Crippen molar-refractivity contribution in [1.29, 1.82) is 0 Å². The zero-order valence-electron chi connectivity index (χ0n) is 13.8. The molecule has 1 aromatic heterocycles. The van der Waals surface area contributed by atoms with E-state index < -0.39 is 17.6 Å². The maximum Gasteiger partial charge on any atom is 0.360 e. The first-order chi connectivity index (χ1) is 11.4. The van der Waals surface area contributed by atoms with Gasteiger partial charge in [-0.3, -0.25) is 4.79 Å². The number of carbonyl (C=O) groups is 1. The highest BCUT2D eigenvalue weighted by atomic mass is 16.4. The molecule has 1 aromatic carbocycles. The number of hydrogen-bond acceptors (Lipinski definition) is 5. The highest BCUT2D eigenvalue weighted by molar-refractivity contribution is 6.04. The van der Waals surface area contributed by atoms with Gasteiger partial charge in [-0.2, -0.15) is 0 Å². The molecule has 0 radical (unpaired) electrons. The number of nitrogens with one attached hydrogen (secondary N) is 1. The third-order valence-corrected chi connectivity index (χ3v) is 3.27. The summed E-state index contributed by atoms with van der Waals surface area (Å²) in [5, 5.41) is 12.4. The molecule has 0 aliphatic rings. The molecule has 6 nitrogen and oxygen atoms in total. The van der Waals surface area contributed by atoms with E-state index in [0.717, 1.165) is 0 Å². The highest BCUT2D eigenvalue weighted by Gasteiger charge is 2.15. The average molecular weight is 328 g/mol. The zero-order valence-corrected chi connectivity index (χ0v) is 13.8. The summed E-state index contributed by atoms with van der Waals surface area (Å²) in [6, 6.07) is 9.97. The summed E-state index contributed by atoms with van der Waals surface area (Å²) in [5.41, 5.74) is 0.145. The standard InChI is InChI=1S/C18H20N2O4/c1-12(21)14-11-15(18(23)24-16(14)9-10-20(2)3)19-17(22)13-7-5-4-6-8-13/h4-12,21H,1-3H3,(H,19,22). The molecule has 0 aliphatic heterocycles. The summed E-state index contributed by atoms with van der Waals surface area (Å²) in [5.74, 6) is -0.169. The van der Waals surface area contributed by atoms with E-state index >= 15 is 0 Å². The lowest BCUT2D eigenvalue weighted by atomic mass is 10.1. The molecule has 6 heteroatoms. The molecule has 0 fully saturated rings. The van der Waals surface area contributed by atoms with Crippen LogP contribution in [0.2, 0.25) is 0 Å². The lowest BCUT2D eigenvalue weighted by Gasteiger charge is -2.11. The van der Waals surface area contributed by atoms with Crippen molar-refractivity contribution in [3.05, 3.63) is 69.9 Å². The van der Waals surface area contributed by atoms with Crippen molar-refractivity contribution in [3.63, 3.8) is 0 Å². The summed E-state index contributed by atoms with van der Waals surface area (Å²) in [4.78, 5) is 26.1. The smallest absolute Gasteiger partial charge is 0.360 e. The van der Waals surface area contributed by atoms with Gasteiger partial charge in [-0.05, 0) is 31.2 Å². The van der Waals surface area contributed by atoms with Crippen molar-refractivity contribution in [3.8, 4) is 0 Å². The third-order valence-electron chi connectivity index (χ3n) is 3.27. The monoisotopic (exact) mass is 328 g/mol. The number of benzene rings is 1. The molecule has 2 N–H and O–H groups in total. The van der Waals surface area contributed by atoms with Gasteiger partial charge >= 0.3 is 5.63 Å². The maximum absolute atomic E-state index is 12.2. The van der Waals surface area contributed by atoms with Crippen LogP contribution in [0.1, 0.15) is 34.7 Å². The molecule has 0 saturated heterocycles. The number of nitrogens with zero attached hydrogens (tertiary/aromatic N) is 1. The number of anilines is 1. The van der Waals surface area contributed by atoms with Crippen LogP contribution in [0.25, 0.3) is 6.08 Å². The molecular weight excluding hydrogens is 308 g/mol. The van der Waals surface area contributed by atoms with E-state index in [1.165, 1.54) is 6.07 Å². The first-order valence-electron chi connectivity index (χ1n) is 7.45. The Morgan fingerprint density at radius 3 is 2.54 bits per heavy atom. The van der Waals surface area contributed by atoms with Crippen molar-refractivity contribution in [2.24, 2.45) is 0 Å². The number of aliphatic hydroxyl groups is 1. The molecule has 2 rings (SSSR count). The first kappa shape index (κ1) is 17.5. The fraction of sp³-hybridized carbons (Fsp3) is 0.222. The molecule has 126 valence electrons. The van der Waals surface area contributed by atoms with E-state index in [4.69, 9.17) is 4.42 Å². The van der Waals surface area contributed by atoms with E-state index in [2.05, 4.69) is 5.32 Å². The molecule has 2 aromatic rings. The molecule has 1 unspecified atom stereocenters. The normalized spacial score (nSPS) is 12.2. The van der Waals surface area contributed by atoms with Gasteiger partial charge in [-0.15, -0.1) is 0 Å². The van der Waals surface area contributed by atoms with Gasteiger partial charge in [0.25, 0.3) is 5.91 Å². The first-order valence-corrected chi connectivity index (χ1v) is 7.45. The van der Waals surface area contributed by atoms with Crippen molar-refractivity contribution in [2.45, 2.75) is 13.0 Å². The van der Waals surface area contributed by atoms with E-state index in [-0.39, 0.29) is 11.4 Å². The van der Waals surface area contributed by atoms with E-state index in [9.17, 15) is 14.7 Å². The second kappa shape index (κ2) is 7.61. The Morgan fingerprint density at radius 2 is 1.96 bits per heavy atom. The summed E-state index contributed by atoms with van der Waals surface area (Å²) >= 11 is 0. The summed E-state index contributed by atoms with van der Waals surface area (Å²) < 4.78 is 5.24. The maximum atomic E-state index is 12.2. The predicted molar refractivity (Wildman–Crippen MR) is 92.7 cm³/mol. The van der Waals surface area contributed by atoms with Gasteiger partial charge in [0.1, 0.15) is 11.4 Å². The summed E-state index contributed by atoms with van der Waals surface area (Å²) in [6.45, 7) is 1.56. The second-order valence-electron chi connectivity index (χ2n) is 5.54. The van der Waals surface area contributed by atoms with Crippen LogP contribution >= 0.6 is 0 Å². The Hall–Kier alpha value is -2.86. The van der Waals surface area contributed by atoms with Gasteiger partial charge in [0.2, 0.25) is 0 Å². The van der Waals surface area contributed by atoms with Gasteiger partial charge in [0.05, 0.1) is 6.10 Å². The van der Waals surface area contributed by atoms with Gasteiger partial charge in [0, 0.05) is 31.4 Å². The van der Waals surface area contributed by atoms with Gasteiger partial charge < -0.3 is 19.7 Å². The Bertz CT molecular complexity index is 792. The molecule has 24 heavy (non-hydrogen) atoms. The molecule has 0 spiro atoms. The SMILES string of the molecule is CC(O)c1cc(NC(=O)c2ccccc2)c(=O)oc1C=CN(C)C. The summed E-state index contributed by atoms with van der Waals surface area (Å²) in [7, 11) is 3.65. The topological polar surface area (TPSA) is 82.8 Å². The molecule has 0 aliphatic carbocycles. The van der Waals surface area contributed by atoms with Crippen LogP contribution in [0.3, 0.4) is 0 Å². The number of rotatable bonds is 5. The lowest BCUT2D eigenvalue weighted by Crippen LogP contribution is -2.19.